The van der Waals surface area contributed by atoms with Crippen molar-refractivity contribution in [1.82, 2.24) is 10.6 Å². The molecule has 0 fully saturated rings. The van der Waals surface area contributed by atoms with E-state index in [4.69, 9.17) is 4.74 Å². The summed E-state index contributed by atoms with van der Waals surface area (Å²) < 4.78 is 5.73. The fourth-order valence-corrected chi connectivity index (χ4v) is 6.37. The maximum absolute atomic E-state index is 14.2. The molecule has 6 rings (SSSR count). The molecule has 0 saturated carbocycles. The van der Waals surface area contributed by atoms with Crippen molar-refractivity contribution in [2.75, 3.05) is 6.61 Å². The molecule has 0 aromatic heterocycles. The molecule has 5 aromatic carbocycles. The quantitative estimate of drug-likeness (QED) is 0.142. The van der Waals surface area contributed by atoms with E-state index < -0.39 is 29.6 Å². The van der Waals surface area contributed by atoms with Gasteiger partial charge >= 0.3 is 12.1 Å². The zero-order valence-electron chi connectivity index (χ0n) is 25.1. The summed E-state index contributed by atoms with van der Waals surface area (Å²) in [6.07, 6.45) is -1.24. The van der Waals surface area contributed by atoms with Gasteiger partial charge in [0.1, 0.15) is 18.2 Å². The van der Waals surface area contributed by atoms with Crippen LogP contribution >= 0.6 is 0 Å². The van der Waals surface area contributed by atoms with E-state index in [0.29, 0.717) is 0 Å². The summed E-state index contributed by atoms with van der Waals surface area (Å²) in [6, 6.07) is 43.6. The molecular formula is C39H34N2O5. The normalized spacial score (nSPS) is 12.8. The fourth-order valence-electron chi connectivity index (χ4n) is 6.37. The minimum Gasteiger partial charge on any atom is -0.481 e. The first-order valence-corrected chi connectivity index (χ1v) is 15.3. The van der Waals surface area contributed by atoms with Gasteiger partial charge in [-0.25, -0.2) is 4.79 Å². The first kappa shape index (κ1) is 30.3. The van der Waals surface area contributed by atoms with Crippen molar-refractivity contribution < 1.29 is 24.2 Å². The summed E-state index contributed by atoms with van der Waals surface area (Å²) in [6.45, 7) is 0.0646. The Bertz CT molecular complexity index is 1680. The Hall–Kier alpha value is -5.69. The number of rotatable bonds is 11. The first-order valence-electron chi connectivity index (χ1n) is 15.3. The number of hydrogen-bond acceptors (Lipinski definition) is 4. The Kier molecular flexibility index (Phi) is 8.92. The number of benzene rings is 5. The Morgan fingerprint density at radius 2 is 1.09 bits per heavy atom. The average Bonchev–Trinajstić information content (AvgIpc) is 3.42. The molecule has 0 unspecified atom stereocenters. The van der Waals surface area contributed by atoms with E-state index in [0.717, 1.165) is 38.9 Å². The number of carboxylic acid groups (broad SMARTS) is 1. The number of aliphatic carboxylic acids is 1. The molecule has 46 heavy (non-hydrogen) atoms. The van der Waals surface area contributed by atoms with Gasteiger partial charge in [0.15, 0.2) is 0 Å². The third-order valence-corrected chi connectivity index (χ3v) is 8.53. The van der Waals surface area contributed by atoms with Gasteiger partial charge in [-0.3, -0.25) is 9.59 Å². The maximum atomic E-state index is 14.2. The second-order valence-electron chi connectivity index (χ2n) is 11.3. The maximum Gasteiger partial charge on any atom is 0.407 e. The first-order chi connectivity index (χ1) is 22.5. The van der Waals surface area contributed by atoms with Crippen molar-refractivity contribution in [3.8, 4) is 11.1 Å². The van der Waals surface area contributed by atoms with Crippen LogP contribution in [0.4, 0.5) is 4.79 Å². The van der Waals surface area contributed by atoms with Crippen LogP contribution in [-0.2, 0) is 19.9 Å². The van der Waals surface area contributed by atoms with Crippen LogP contribution in [0.25, 0.3) is 11.1 Å². The van der Waals surface area contributed by atoms with Crippen LogP contribution in [0.2, 0.25) is 0 Å². The van der Waals surface area contributed by atoms with Crippen LogP contribution in [0.3, 0.4) is 0 Å². The molecule has 7 nitrogen and oxygen atoms in total. The smallest absolute Gasteiger partial charge is 0.407 e. The van der Waals surface area contributed by atoms with Crippen molar-refractivity contribution in [3.05, 3.63) is 167 Å². The van der Waals surface area contributed by atoms with Gasteiger partial charge in [-0.05, 0) is 45.4 Å². The molecule has 0 heterocycles. The van der Waals surface area contributed by atoms with E-state index in [2.05, 4.69) is 22.8 Å². The minimum atomic E-state index is -1.18. The number of fused-ring (bicyclic) bond motifs is 3. The Morgan fingerprint density at radius 1 is 0.652 bits per heavy atom. The van der Waals surface area contributed by atoms with Gasteiger partial charge in [-0.15, -0.1) is 0 Å². The van der Waals surface area contributed by atoms with Crippen molar-refractivity contribution in [1.29, 1.82) is 0 Å². The van der Waals surface area contributed by atoms with E-state index in [1.165, 1.54) is 0 Å². The van der Waals surface area contributed by atoms with Gasteiger partial charge in [0, 0.05) is 12.3 Å². The molecule has 1 atom stereocenters. The van der Waals surface area contributed by atoms with Crippen molar-refractivity contribution >= 4 is 18.0 Å². The van der Waals surface area contributed by atoms with Crippen LogP contribution in [0, 0.1) is 0 Å². The second-order valence-corrected chi connectivity index (χ2v) is 11.3. The largest absolute Gasteiger partial charge is 0.481 e. The molecule has 0 saturated heterocycles. The number of alkyl carbamates (subject to hydrolysis) is 1. The van der Waals surface area contributed by atoms with Gasteiger partial charge in [-0.1, -0.05) is 140 Å². The second kappa shape index (κ2) is 13.5. The van der Waals surface area contributed by atoms with Crippen molar-refractivity contribution in [3.63, 3.8) is 0 Å². The molecular weight excluding hydrogens is 576 g/mol. The van der Waals surface area contributed by atoms with Crippen LogP contribution in [-0.4, -0.2) is 35.7 Å². The van der Waals surface area contributed by atoms with Gasteiger partial charge in [0.2, 0.25) is 5.91 Å². The number of ether oxygens (including phenoxy) is 1. The summed E-state index contributed by atoms with van der Waals surface area (Å²) in [5, 5.41) is 15.4. The van der Waals surface area contributed by atoms with E-state index in [9.17, 15) is 19.5 Å². The molecule has 3 N–H and O–H groups in total. The molecule has 7 heteroatoms. The molecule has 0 aliphatic heterocycles. The summed E-state index contributed by atoms with van der Waals surface area (Å²) in [5.41, 5.74) is 5.61. The predicted octanol–water partition coefficient (Wildman–Crippen LogP) is 6.87. The van der Waals surface area contributed by atoms with E-state index in [1.54, 1.807) is 0 Å². The highest BCUT2D eigenvalue weighted by atomic mass is 16.5. The lowest BCUT2D eigenvalue weighted by Gasteiger charge is -2.38. The standard InChI is InChI=1S/C39H34N2O5/c42-36(43)25-24-35(40-38(45)46-26-34-32-22-12-10-20-30(32)31-21-11-13-23-33(31)34)37(44)41-39(27-14-4-1-5-15-27,28-16-6-2-7-17-28)29-18-8-3-9-19-29/h1-23,34-35H,24-26H2,(H,40,45)(H,41,44)(H,42,43)/t35-/m1/s1. The summed E-state index contributed by atoms with van der Waals surface area (Å²) in [5.74, 6) is -1.77. The molecule has 0 radical (unpaired) electrons. The van der Waals surface area contributed by atoms with Crippen LogP contribution in [0.5, 0.6) is 0 Å². The molecule has 0 bridgehead atoms. The van der Waals surface area contributed by atoms with Gasteiger partial charge in [0.25, 0.3) is 0 Å². The van der Waals surface area contributed by atoms with Gasteiger partial charge < -0.3 is 20.5 Å². The van der Waals surface area contributed by atoms with E-state index in [1.807, 2.05) is 127 Å². The summed E-state index contributed by atoms with van der Waals surface area (Å²) in [7, 11) is 0. The topological polar surface area (TPSA) is 105 Å². The summed E-state index contributed by atoms with van der Waals surface area (Å²) in [4.78, 5) is 39.2. The minimum absolute atomic E-state index is 0.0646. The Labute approximate surface area is 267 Å². The number of amides is 2. The lowest BCUT2D eigenvalue weighted by Crippen LogP contribution is -2.55. The van der Waals surface area contributed by atoms with Gasteiger partial charge in [-0.2, -0.15) is 0 Å². The highest BCUT2D eigenvalue weighted by Gasteiger charge is 2.40. The van der Waals surface area contributed by atoms with Crippen LogP contribution in [0.1, 0.15) is 46.6 Å². The third kappa shape index (κ3) is 6.13. The van der Waals surface area contributed by atoms with E-state index in [-0.39, 0.29) is 25.4 Å². The highest BCUT2D eigenvalue weighted by Crippen LogP contribution is 2.44. The van der Waals surface area contributed by atoms with Crippen molar-refractivity contribution in [2.45, 2.75) is 30.3 Å². The molecule has 2 amide bonds. The number of carboxylic acids is 1. The number of carbonyl (C=O) groups excluding carboxylic acids is 2. The Balaban J connectivity index is 1.28. The molecule has 5 aromatic rings. The predicted molar refractivity (Wildman–Crippen MR) is 176 cm³/mol. The zero-order valence-corrected chi connectivity index (χ0v) is 25.1. The number of carbonyl (C=O) groups is 3. The zero-order chi connectivity index (χ0) is 31.9. The van der Waals surface area contributed by atoms with Crippen LogP contribution < -0.4 is 10.6 Å². The third-order valence-electron chi connectivity index (χ3n) is 8.53. The van der Waals surface area contributed by atoms with Crippen LogP contribution in [0.15, 0.2) is 140 Å². The Morgan fingerprint density at radius 3 is 1.54 bits per heavy atom. The molecule has 0 spiro atoms. The lowest BCUT2D eigenvalue weighted by atomic mass is 9.76. The van der Waals surface area contributed by atoms with Gasteiger partial charge in [0.05, 0.1) is 0 Å². The highest BCUT2D eigenvalue weighted by molar-refractivity contribution is 5.88. The molecule has 230 valence electrons. The number of nitrogens with one attached hydrogen (secondary N) is 2. The molecule has 1 aliphatic carbocycles. The summed E-state index contributed by atoms with van der Waals surface area (Å²) >= 11 is 0. The fraction of sp³-hybridized carbons (Fsp3) is 0.154. The molecule has 1 aliphatic rings. The lowest BCUT2D eigenvalue weighted by molar-refractivity contribution is -0.137. The number of hydrogen-bond donors (Lipinski definition) is 3. The monoisotopic (exact) mass is 610 g/mol. The van der Waals surface area contributed by atoms with E-state index >= 15 is 0 Å². The van der Waals surface area contributed by atoms with Crippen molar-refractivity contribution in [2.24, 2.45) is 0 Å². The average molecular weight is 611 g/mol. The SMILES string of the molecule is O=C(O)CC[C@@H](NC(=O)OCC1c2ccccc2-c2ccccc21)C(=O)NC(c1ccccc1)(c1ccccc1)c1ccccc1.